The highest BCUT2D eigenvalue weighted by Crippen LogP contribution is 2.41. The summed E-state index contributed by atoms with van der Waals surface area (Å²) in [7, 11) is 1.29. The van der Waals surface area contributed by atoms with Crippen LogP contribution in [-0.2, 0) is 9.53 Å². The van der Waals surface area contributed by atoms with Crippen LogP contribution in [0.15, 0.2) is 81.2 Å². The molecular weight excluding hydrogens is 464 g/mol. The number of amides is 1. The highest BCUT2D eigenvalue weighted by atomic mass is 16.5. The van der Waals surface area contributed by atoms with Gasteiger partial charge in [-0.25, -0.2) is 4.79 Å². The Hall–Kier alpha value is -4.11. The minimum Gasteiger partial charge on any atom is -0.503 e. The summed E-state index contributed by atoms with van der Waals surface area (Å²) >= 11 is 0. The standard InChI is InChI=1S/C27H26N2O7/c1-34-27(33)18-10-8-17(9-11-18)23-22(24(30)21-7-5-15-36-21)25(31)26(32)29(23)16-19(20-6-4-14-35-20)28-12-2-3-13-28/h4-11,14-15,19,23,31H,2-3,12-13,16H2,1H3. The van der Waals surface area contributed by atoms with Crippen molar-refractivity contribution in [3.63, 3.8) is 0 Å². The predicted molar refractivity (Wildman–Crippen MR) is 127 cm³/mol. The second-order valence-corrected chi connectivity index (χ2v) is 8.82. The van der Waals surface area contributed by atoms with Crippen LogP contribution in [0.2, 0.25) is 0 Å². The van der Waals surface area contributed by atoms with Crippen molar-refractivity contribution in [3.8, 4) is 0 Å². The number of rotatable bonds is 8. The van der Waals surface area contributed by atoms with Crippen LogP contribution in [0.5, 0.6) is 0 Å². The van der Waals surface area contributed by atoms with E-state index >= 15 is 0 Å². The molecule has 36 heavy (non-hydrogen) atoms. The van der Waals surface area contributed by atoms with Crippen molar-refractivity contribution < 1.29 is 33.1 Å². The first-order valence-corrected chi connectivity index (χ1v) is 11.8. The molecule has 0 radical (unpaired) electrons. The molecule has 9 nitrogen and oxygen atoms in total. The number of carbonyl (C=O) groups excluding carboxylic acids is 3. The number of aliphatic hydroxyl groups excluding tert-OH is 1. The summed E-state index contributed by atoms with van der Waals surface area (Å²) < 4.78 is 15.8. The number of ketones is 1. The Balaban J connectivity index is 1.56. The highest BCUT2D eigenvalue weighted by Gasteiger charge is 2.46. The largest absolute Gasteiger partial charge is 0.503 e. The number of esters is 1. The van der Waals surface area contributed by atoms with Crippen LogP contribution in [0.3, 0.4) is 0 Å². The van der Waals surface area contributed by atoms with Gasteiger partial charge in [0.15, 0.2) is 11.5 Å². The molecule has 0 aliphatic carbocycles. The molecule has 1 amide bonds. The van der Waals surface area contributed by atoms with Gasteiger partial charge in [-0.05, 0) is 67.9 Å². The number of hydrogen-bond donors (Lipinski definition) is 1. The van der Waals surface area contributed by atoms with Crippen molar-refractivity contribution in [2.24, 2.45) is 0 Å². The van der Waals surface area contributed by atoms with Crippen molar-refractivity contribution >= 4 is 17.7 Å². The zero-order valence-electron chi connectivity index (χ0n) is 19.8. The Bertz CT molecular complexity index is 1270. The van der Waals surface area contributed by atoms with Gasteiger partial charge in [0.2, 0.25) is 5.78 Å². The number of likely N-dealkylation sites (tertiary alicyclic amines) is 1. The molecule has 2 aliphatic heterocycles. The van der Waals surface area contributed by atoms with Gasteiger partial charge in [0, 0.05) is 6.54 Å². The summed E-state index contributed by atoms with van der Waals surface area (Å²) in [6.45, 7) is 1.89. The molecule has 2 unspecified atom stereocenters. The van der Waals surface area contributed by atoms with Crippen LogP contribution in [0.25, 0.3) is 0 Å². The summed E-state index contributed by atoms with van der Waals surface area (Å²) in [6.07, 6.45) is 5.03. The SMILES string of the molecule is COC(=O)c1ccc(C2C(C(=O)c3ccco3)=C(O)C(=O)N2CC(c2ccco2)N2CCCC2)cc1. The first-order valence-electron chi connectivity index (χ1n) is 11.8. The molecule has 1 saturated heterocycles. The van der Waals surface area contributed by atoms with Crippen LogP contribution in [-0.4, -0.2) is 59.3 Å². The van der Waals surface area contributed by atoms with Crippen LogP contribution in [0.1, 0.15) is 57.2 Å². The number of nitrogens with zero attached hydrogens (tertiary/aromatic N) is 2. The van der Waals surface area contributed by atoms with E-state index in [-0.39, 0.29) is 23.9 Å². The molecule has 9 heteroatoms. The van der Waals surface area contributed by atoms with Crippen molar-refractivity contribution in [1.29, 1.82) is 0 Å². The Morgan fingerprint density at radius 2 is 1.75 bits per heavy atom. The number of ether oxygens (including phenoxy) is 1. The fraction of sp³-hybridized carbons (Fsp3) is 0.296. The number of furan rings is 2. The number of hydrogen-bond acceptors (Lipinski definition) is 8. The van der Waals surface area contributed by atoms with E-state index in [1.807, 2.05) is 6.07 Å². The first kappa shape index (κ1) is 23.6. The minimum absolute atomic E-state index is 0.0181. The lowest BCUT2D eigenvalue weighted by Gasteiger charge is -2.33. The van der Waals surface area contributed by atoms with Gasteiger partial charge in [0.1, 0.15) is 5.76 Å². The maximum absolute atomic E-state index is 13.4. The van der Waals surface area contributed by atoms with E-state index in [1.54, 1.807) is 42.7 Å². The minimum atomic E-state index is -0.887. The number of aliphatic hydroxyl groups is 1. The van der Waals surface area contributed by atoms with Gasteiger partial charge in [0.05, 0.1) is 42.9 Å². The molecule has 2 atom stereocenters. The molecule has 1 fully saturated rings. The number of methoxy groups -OCH3 is 1. The van der Waals surface area contributed by atoms with E-state index in [2.05, 4.69) is 4.90 Å². The molecule has 5 rings (SSSR count). The van der Waals surface area contributed by atoms with Crippen molar-refractivity contribution in [2.75, 3.05) is 26.7 Å². The van der Waals surface area contributed by atoms with Gasteiger partial charge in [-0.2, -0.15) is 0 Å². The van der Waals surface area contributed by atoms with Gasteiger partial charge in [0.25, 0.3) is 5.91 Å². The molecule has 2 aliphatic rings. The normalized spacial score (nSPS) is 19.2. The van der Waals surface area contributed by atoms with Gasteiger partial charge in [-0.3, -0.25) is 14.5 Å². The molecule has 186 valence electrons. The summed E-state index contributed by atoms with van der Waals surface area (Å²) in [4.78, 5) is 42.5. The average molecular weight is 491 g/mol. The second-order valence-electron chi connectivity index (χ2n) is 8.82. The molecule has 0 saturated carbocycles. The Kier molecular flexibility index (Phi) is 6.47. The lowest BCUT2D eigenvalue weighted by molar-refractivity contribution is -0.130. The molecule has 0 spiro atoms. The van der Waals surface area contributed by atoms with Crippen molar-refractivity contribution in [2.45, 2.75) is 24.9 Å². The average Bonchev–Trinajstić information content (AvgIpc) is 3.72. The number of carbonyl (C=O) groups is 3. The van der Waals surface area contributed by atoms with Crippen LogP contribution >= 0.6 is 0 Å². The molecule has 4 heterocycles. The van der Waals surface area contributed by atoms with Gasteiger partial charge in [-0.1, -0.05) is 12.1 Å². The lowest BCUT2D eigenvalue weighted by atomic mass is 9.94. The molecule has 1 aromatic carbocycles. The maximum Gasteiger partial charge on any atom is 0.337 e. The molecule has 0 bridgehead atoms. The van der Waals surface area contributed by atoms with Crippen molar-refractivity contribution in [1.82, 2.24) is 9.80 Å². The van der Waals surface area contributed by atoms with Crippen LogP contribution in [0.4, 0.5) is 0 Å². The third-order valence-corrected chi connectivity index (χ3v) is 6.76. The Labute approximate surface area is 207 Å². The first-order chi connectivity index (χ1) is 17.5. The van der Waals surface area contributed by atoms with E-state index in [9.17, 15) is 19.5 Å². The Morgan fingerprint density at radius 3 is 2.36 bits per heavy atom. The van der Waals surface area contributed by atoms with Gasteiger partial charge in [-0.15, -0.1) is 0 Å². The maximum atomic E-state index is 13.4. The van der Waals surface area contributed by atoms with E-state index < -0.39 is 29.5 Å². The van der Waals surface area contributed by atoms with Gasteiger partial charge < -0.3 is 23.6 Å². The second kappa shape index (κ2) is 9.87. The third kappa shape index (κ3) is 4.22. The van der Waals surface area contributed by atoms with E-state index in [0.717, 1.165) is 25.9 Å². The number of Topliss-reactive ketones (excluding diaryl/α,β-unsaturated/α-hetero) is 1. The zero-order chi connectivity index (χ0) is 25.2. The summed E-state index contributed by atoms with van der Waals surface area (Å²) in [5.41, 5.74) is 0.824. The fourth-order valence-electron chi connectivity index (χ4n) is 4.99. The molecule has 3 aromatic rings. The number of benzene rings is 1. The van der Waals surface area contributed by atoms with Gasteiger partial charge >= 0.3 is 5.97 Å². The lowest BCUT2D eigenvalue weighted by Crippen LogP contribution is -2.40. The van der Waals surface area contributed by atoms with E-state index in [4.69, 9.17) is 13.6 Å². The Morgan fingerprint density at radius 1 is 1.06 bits per heavy atom. The van der Waals surface area contributed by atoms with Crippen LogP contribution in [0, 0.1) is 0 Å². The zero-order valence-corrected chi connectivity index (χ0v) is 19.8. The predicted octanol–water partition coefficient (Wildman–Crippen LogP) is 4.07. The smallest absolute Gasteiger partial charge is 0.337 e. The summed E-state index contributed by atoms with van der Waals surface area (Å²) in [5.74, 6) is -1.62. The molecular formula is C27H26N2O7. The highest BCUT2D eigenvalue weighted by molar-refractivity contribution is 6.15. The summed E-state index contributed by atoms with van der Waals surface area (Å²) in [6, 6.07) is 12.0. The molecule has 2 aromatic heterocycles. The topological polar surface area (TPSA) is 113 Å². The third-order valence-electron chi connectivity index (χ3n) is 6.76. The van der Waals surface area contributed by atoms with E-state index in [0.29, 0.717) is 16.9 Å². The van der Waals surface area contributed by atoms with Crippen LogP contribution < -0.4 is 0 Å². The quantitative estimate of drug-likeness (QED) is 0.371. The van der Waals surface area contributed by atoms with Crippen molar-refractivity contribution in [3.05, 3.63) is 95.0 Å². The fourth-order valence-corrected chi connectivity index (χ4v) is 4.99. The monoisotopic (exact) mass is 490 g/mol. The summed E-state index contributed by atoms with van der Waals surface area (Å²) in [5, 5.41) is 10.9. The molecule has 1 N–H and O–H groups in total. The van der Waals surface area contributed by atoms with E-state index in [1.165, 1.54) is 24.3 Å².